The highest BCUT2D eigenvalue weighted by molar-refractivity contribution is 6.12. The van der Waals surface area contributed by atoms with Crippen molar-refractivity contribution in [2.24, 2.45) is 37.2 Å². The van der Waals surface area contributed by atoms with E-state index in [9.17, 15) is 4.79 Å². The minimum atomic E-state index is -0.369. The molecule has 0 fully saturated rings. The molecule has 0 aromatic heterocycles. The molecule has 0 saturated carbocycles. The quantitative estimate of drug-likeness (QED) is 0.113. The maximum Gasteiger partial charge on any atom is 0.221 e. The second-order valence-corrected chi connectivity index (χ2v) is 12.2. The van der Waals surface area contributed by atoms with Crippen molar-refractivity contribution in [3.05, 3.63) is 106 Å². The number of oxime groups is 1. The largest absolute Gasteiger partial charge is 0.400 e. The summed E-state index contributed by atoms with van der Waals surface area (Å²) in [6.45, 7) is 10.5. The molecule has 1 aliphatic rings. The Morgan fingerprint density at radius 1 is 0.978 bits per heavy atom. The first kappa shape index (κ1) is 36.0. The lowest BCUT2D eigenvalue weighted by Crippen LogP contribution is -2.30. The van der Waals surface area contributed by atoms with Gasteiger partial charge < -0.3 is 25.4 Å². The fraction of sp³-hybridized carbons (Fsp3) is 0.378. The molecular formula is C37H48N6O3. The van der Waals surface area contributed by atoms with Crippen molar-refractivity contribution in [2.75, 3.05) is 27.3 Å². The van der Waals surface area contributed by atoms with Gasteiger partial charge in [0.2, 0.25) is 5.96 Å². The van der Waals surface area contributed by atoms with Crippen molar-refractivity contribution in [1.29, 1.82) is 0 Å². The molecule has 1 aliphatic heterocycles. The minimum absolute atomic E-state index is 0.306. The first-order valence-corrected chi connectivity index (χ1v) is 15.6. The Kier molecular flexibility index (Phi) is 14.0. The highest BCUT2D eigenvalue weighted by Crippen LogP contribution is 2.20. The van der Waals surface area contributed by atoms with Crippen molar-refractivity contribution >= 4 is 30.0 Å². The number of rotatable bonds is 13. The van der Waals surface area contributed by atoms with Crippen LogP contribution in [-0.4, -0.2) is 67.3 Å². The molecule has 0 radical (unpaired) electrons. The maximum absolute atomic E-state index is 11.4. The van der Waals surface area contributed by atoms with E-state index >= 15 is 0 Å². The number of carbonyl (C=O) groups excluding carboxylic acids is 1. The maximum atomic E-state index is 11.4. The standard InChI is InChI=1S/C36H44N6O2.CH4O/c1-26(2)22-38-34(41-44-5)32-16-12-30(13-17-32)24-42(19-18-27-6-8-28(9-7-27)20-36(3,4)25-43)35-39-23-33(40-35)31-14-10-29(21-37)11-15-31;1-2/h6-17,22,25-26H,18-21,23-24,37H2,1-5H3;2H,1H3/b38-22?,41-34-;. The Bertz CT molecular complexity index is 1510. The molecule has 244 valence electrons. The Balaban J connectivity index is 0.00000282. The molecule has 9 nitrogen and oxygen atoms in total. The third-order valence-corrected chi connectivity index (χ3v) is 7.34. The lowest BCUT2D eigenvalue weighted by molar-refractivity contribution is -0.114. The summed E-state index contributed by atoms with van der Waals surface area (Å²) in [4.78, 5) is 33.0. The van der Waals surface area contributed by atoms with E-state index in [4.69, 9.17) is 25.7 Å². The van der Waals surface area contributed by atoms with Crippen LogP contribution < -0.4 is 5.73 Å². The molecule has 0 aliphatic carbocycles. The minimum Gasteiger partial charge on any atom is -0.400 e. The molecule has 0 atom stereocenters. The average molecular weight is 625 g/mol. The molecule has 3 aromatic rings. The highest BCUT2D eigenvalue weighted by Gasteiger charge is 2.20. The van der Waals surface area contributed by atoms with Crippen LogP contribution in [0.15, 0.2) is 92.9 Å². The van der Waals surface area contributed by atoms with Crippen LogP contribution in [0.3, 0.4) is 0 Å². The van der Waals surface area contributed by atoms with Gasteiger partial charge in [-0.05, 0) is 46.6 Å². The lowest BCUT2D eigenvalue weighted by Gasteiger charge is -2.23. The van der Waals surface area contributed by atoms with Crippen LogP contribution in [0.2, 0.25) is 0 Å². The first-order chi connectivity index (χ1) is 22.2. The number of nitrogens with zero attached hydrogens (tertiary/aromatic N) is 5. The summed E-state index contributed by atoms with van der Waals surface area (Å²) in [6.07, 6.45) is 4.44. The number of aliphatic hydroxyl groups excluding tert-OH is 1. The zero-order valence-electron chi connectivity index (χ0n) is 28.0. The number of benzene rings is 3. The van der Waals surface area contributed by atoms with Crippen LogP contribution in [0.1, 0.15) is 61.1 Å². The van der Waals surface area contributed by atoms with Crippen LogP contribution in [0.25, 0.3) is 0 Å². The van der Waals surface area contributed by atoms with E-state index in [1.807, 2.05) is 44.3 Å². The van der Waals surface area contributed by atoms with E-state index in [-0.39, 0.29) is 5.41 Å². The number of nitrogens with two attached hydrogens (primary N) is 1. The number of aldehydes is 1. The molecule has 3 aromatic carbocycles. The Labute approximate surface area is 273 Å². The molecule has 46 heavy (non-hydrogen) atoms. The summed E-state index contributed by atoms with van der Waals surface area (Å²) in [5.41, 5.74) is 12.9. The second-order valence-electron chi connectivity index (χ2n) is 12.2. The monoisotopic (exact) mass is 624 g/mol. The summed E-state index contributed by atoms with van der Waals surface area (Å²) in [7, 11) is 2.53. The molecule has 0 bridgehead atoms. The van der Waals surface area contributed by atoms with E-state index in [1.54, 1.807) is 0 Å². The van der Waals surface area contributed by atoms with Crippen molar-refractivity contribution in [1.82, 2.24) is 4.90 Å². The van der Waals surface area contributed by atoms with Gasteiger partial charge in [-0.15, -0.1) is 0 Å². The Morgan fingerprint density at radius 3 is 2.17 bits per heavy atom. The molecular weight excluding hydrogens is 576 g/mol. The SMILES string of the molecule is CO.CO/N=C(\N=CC(C)C)c1ccc(CN(CCc2ccc(CC(C)(C)C=O)cc2)C2=NCC(c3ccc(CN)cc3)=N2)cc1. The van der Waals surface area contributed by atoms with Crippen LogP contribution in [0.5, 0.6) is 0 Å². The number of aliphatic imine (C=N–C) groups is 3. The van der Waals surface area contributed by atoms with Gasteiger partial charge in [0.15, 0.2) is 5.84 Å². The molecule has 4 rings (SSSR count). The second kappa shape index (κ2) is 17.9. The predicted octanol–water partition coefficient (Wildman–Crippen LogP) is 5.46. The zero-order chi connectivity index (χ0) is 33.5. The van der Waals surface area contributed by atoms with Crippen LogP contribution in [0, 0.1) is 11.3 Å². The summed E-state index contributed by atoms with van der Waals surface area (Å²) >= 11 is 0. The topological polar surface area (TPSA) is 125 Å². The van der Waals surface area contributed by atoms with Crippen molar-refractivity contribution in [3.63, 3.8) is 0 Å². The van der Waals surface area contributed by atoms with Gasteiger partial charge in [-0.25, -0.2) is 15.0 Å². The van der Waals surface area contributed by atoms with Gasteiger partial charge in [-0.1, -0.05) is 106 Å². The molecule has 9 heteroatoms. The third-order valence-electron chi connectivity index (χ3n) is 7.34. The van der Waals surface area contributed by atoms with Crippen molar-refractivity contribution < 1.29 is 14.7 Å². The zero-order valence-corrected chi connectivity index (χ0v) is 28.0. The molecule has 1 heterocycles. The molecule has 0 amide bonds. The Morgan fingerprint density at radius 2 is 1.59 bits per heavy atom. The highest BCUT2D eigenvalue weighted by atomic mass is 16.6. The van der Waals surface area contributed by atoms with Gasteiger partial charge in [-0.3, -0.25) is 0 Å². The van der Waals surface area contributed by atoms with Gasteiger partial charge >= 0.3 is 0 Å². The number of hydrogen-bond acceptors (Lipinski definition) is 8. The lowest BCUT2D eigenvalue weighted by atomic mass is 9.87. The van der Waals surface area contributed by atoms with Gasteiger partial charge in [0.25, 0.3) is 0 Å². The fourth-order valence-electron chi connectivity index (χ4n) is 4.84. The summed E-state index contributed by atoms with van der Waals surface area (Å²) in [6, 6.07) is 25.0. The van der Waals surface area contributed by atoms with Crippen molar-refractivity contribution in [2.45, 2.75) is 53.6 Å². The molecule has 3 N–H and O–H groups in total. The summed E-state index contributed by atoms with van der Waals surface area (Å²) in [5.74, 6) is 1.58. The summed E-state index contributed by atoms with van der Waals surface area (Å²) in [5, 5.41) is 11.1. The first-order valence-electron chi connectivity index (χ1n) is 15.6. The fourth-order valence-corrected chi connectivity index (χ4v) is 4.84. The van der Waals surface area contributed by atoms with E-state index in [2.05, 4.69) is 77.4 Å². The molecule has 0 saturated heterocycles. The van der Waals surface area contributed by atoms with E-state index in [0.29, 0.717) is 31.4 Å². The van der Waals surface area contributed by atoms with Crippen molar-refractivity contribution in [3.8, 4) is 0 Å². The number of aliphatic hydroxyl groups is 1. The number of amidine groups is 1. The van der Waals surface area contributed by atoms with Crippen LogP contribution >= 0.6 is 0 Å². The van der Waals surface area contributed by atoms with E-state index in [1.165, 1.54) is 12.7 Å². The number of carbonyl (C=O) groups is 1. The van der Waals surface area contributed by atoms with Gasteiger partial charge in [0.05, 0.1) is 12.3 Å². The predicted molar refractivity (Wildman–Crippen MR) is 189 cm³/mol. The Hall–Kier alpha value is -4.47. The average Bonchev–Trinajstić information content (AvgIpc) is 3.57. The van der Waals surface area contributed by atoms with E-state index < -0.39 is 0 Å². The number of guanidine groups is 1. The molecule has 0 unspecified atom stereocenters. The van der Waals surface area contributed by atoms with Gasteiger partial charge in [0, 0.05) is 43.9 Å². The van der Waals surface area contributed by atoms with Gasteiger partial charge in [-0.2, -0.15) is 0 Å². The van der Waals surface area contributed by atoms with E-state index in [0.717, 1.165) is 72.3 Å². The third kappa shape index (κ3) is 10.9. The van der Waals surface area contributed by atoms with Gasteiger partial charge in [0.1, 0.15) is 13.4 Å². The normalized spacial score (nSPS) is 13.3. The molecule has 0 spiro atoms. The number of hydrogen-bond donors (Lipinski definition) is 2. The summed E-state index contributed by atoms with van der Waals surface area (Å²) < 4.78 is 0. The van der Waals surface area contributed by atoms with Crippen LogP contribution in [0.4, 0.5) is 0 Å². The smallest absolute Gasteiger partial charge is 0.221 e. The van der Waals surface area contributed by atoms with Crippen LogP contribution in [-0.2, 0) is 35.6 Å².